The van der Waals surface area contributed by atoms with E-state index in [1.807, 2.05) is 6.08 Å². The van der Waals surface area contributed by atoms with Crippen molar-refractivity contribution >= 4 is 11.9 Å². The van der Waals surface area contributed by atoms with Crippen LogP contribution in [0.1, 0.15) is 252 Å². The second kappa shape index (κ2) is 50.9. The van der Waals surface area contributed by atoms with Gasteiger partial charge in [0.2, 0.25) is 5.91 Å². The summed E-state index contributed by atoms with van der Waals surface area (Å²) in [4.78, 5) is 26.5. The van der Waals surface area contributed by atoms with Crippen molar-refractivity contribution < 1.29 is 49.3 Å². The zero-order valence-electron chi connectivity index (χ0n) is 47.2. The number of aliphatic hydroxyl groups is 5. The van der Waals surface area contributed by atoms with Crippen LogP contribution in [-0.4, -0.2) is 99.6 Å². The van der Waals surface area contributed by atoms with E-state index >= 15 is 0 Å². The number of amides is 1. The van der Waals surface area contributed by atoms with E-state index in [2.05, 4.69) is 86.8 Å². The first-order valence-electron chi connectivity index (χ1n) is 30.2. The predicted molar refractivity (Wildman–Crippen MR) is 306 cm³/mol. The van der Waals surface area contributed by atoms with Gasteiger partial charge in [-0.3, -0.25) is 9.59 Å². The van der Waals surface area contributed by atoms with Gasteiger partial charge in [0.05, 0.1) is 25.4 Å². The van der Waals surface area contributed by atoms with Gasteiger partial charge in [-0.1, -0.05) is 222 Å². The summed E-state index contributed by atoms with van der Waals surface area (Å²) in [6.07, 6.45) is 53.7. The number of nitrogens with one attached hydrogen (secondary N) is 1. The van der Waals surface area contributed by atoms with Crippen LogP contribution in [0.3, 0.4) is 0 Å². The number of carbonyl (C=O) groups excluding carboxylic acids is 2. The summed E-state index contributed by atoms with van der Waals surface area (Å²) in [6, 6.07) is -1.05. The molecule has 428 valence electrons. The molecular weight excluding hydrogens is 931 g/mol. The monoisotopic (exact) mass is 1040 g/mol. The highest BCUT2D eigenvalue weighted by Crippen LogP contribution is 2.26. The predicted octanol–water partition coefficient (Wildman–Crippen LogP) is 14.0. The second-order valence-electron chi connectivity index (χ2n) is 20.7. The van der Waals surface area contributed by atoms with Crippen LogP contribution in [0.5, 0.6) is 0 Å². The molecule has 0 aliphatic carbocycles. The zero-order chi connectivity index (χ0) is 54.0. The van der Waals surface area contributed by atoms with Gasteiger partial charge in [0.25, 0.3) is 0 Å². The lowest BCUT2D eigenvalue weighted by molar-refractivity contribution is -0.305. The van der Waals surface area contributed by atoms with E-state index in [1.165, 1.54) is 122 Å². The molecule has 1 saturated heterocycles. The van der Waals surface area contributed by atoms with Gasteiger partial charge in [0.15, 0.2) is 12.4 Å². The highest BCUT2D eigenvalue weighted by molar-refractivity contribution is 5.80. The summed E-state index contributed by atoms with van der Waals surface area (Å²) < 4.78 is 17.6. The molecule has 1 aliphatic heterocycles. The van der Waals surface area contributed by atoms with Crippen molar-refractivity contribution in [3.05, 3.63) is 72.9 Å². The number of hydrogen-bond acceptors (Lipinski definition) is 10. The molecule has 11 nitrogen and oxygen atoms in total. The van der Waals surface area contributed by atoms with Crippen LogP contribution in [0.15, 0.2) is 72.9 Å². The first-order chi connectivity index (χ1) is 36.2. The molecule has 0 aromatic rings. The van der Waals surface area contributed by atoms with Gasteiger partial charge >= 0.3 is 5.97 Å². The van der Waals surface area contributed by atoms with E-state index in [1.54, 1.807) is 6.08 Å². The Kier molecular flexibility index (Phi) is 47.5. The molecule has 0 saturated carbocycles. The number of rotatable bonds is 50. The Morgan fingerprint density at radius 2 is 0.932 bits per heavy atom. The zero-order valence-corrected chi connectivity index (χ0v) is 47.2. The summed E-state index contributed by atoms with van der Waals surface area (Å²) >= 11 is 0. The van der Waals surface area contributed by atoms with E-state index in [0.29, 0.717) is 12.8 Å². The van der Waals surface area contributed by atoms with Crippen molar-refractivity contribution in [2.24, 2.45) is 0 Å². The van der Waals surface area contributed by atoms with Gasteiger partial charge in [0, 0.05) is 6.42 Å². The largest absolute Gasteiger partial charge is 0.454 e. The number of ether oxygens (including phenoxy) is 3. The molecule has 1 fully saturated rings. The molecule has 0 bridgehead atoms. The average molecular weight is 1040 g/mol. The number of hydrogen-bond donors (Lipinski definition) is 6. The number of aliphatic hydroxyl groups excluding tert-OH is 5. The Balaban J connectivity index is 2.76. The van der Waals surface area contributed by atoms with Crippen molar-refractivity contribution in [1.82, 2.24) is 5.32 Å². The van der Waals surface area contributed by atoms with E-state index < -0.39 is 67.4 Å². The molecule has 0 spiro atoms. The molecular formula is C63H111NO10. The lowest BCUT2D eigenvalue weighted by Gasteiger charge is -2.41. The maximum Gasteiger partial charge on any atom is 0.306 e. The Bertz CT molecular complexity index is 1480. The lowest BCUT2D eigenvalue weighted by atomic mass is 9.99. The second-order valence-corrected chi connectivity index (χ2v) is 20.7. The average Bonchev–Trinajstić information content (AvgIpc) is 3.40. The van der Waals surface area contributed by atoms with E-state index in [9.17, 15) is 35.1 Å². The van der Waals surface area contributed by atoms with Crippen LogP contribution in [0.2, 0.25) is 0 Å². The maximum absolute atomic E-state index is 13.4. The summed E-state index contributed by atoms with van der Waals surface area (Å²) in [5.74, 6) is -1.24. The Hall–Kier alpha value is -2.90. The fraction of sp³-hybridized carbons (Fsp3) is 0.778. The standard InChI is InChI=1S/C63H111NO10/c1-4-7-10-13-16-19-22-25-27-28-29-30-32-35-38-41-44-47-50-56(67)62(71)64-54(55(66)49-46-43-40-37-34-31-24-21-18-15-12-9-6-3)53-72-63-61(60(70)59(69)57(52-65)73-63)74-58(68)51-48-45-42-39-36-33-26-23-20-17-14-11-8-5-2/h16,19,25,27,29-30,33,35-36,38,46,49,54-57,59-61,63,65-67,69-70H,4-15,17-18,20-24,26,28,31-32,34,37,39-45,47-48,50-53H2,1-3H3,(H,64,71)/b19-16-,27-25-,30-29-,36-33-,38-35-,49-46+. The summed E-state index contributed by atoms with van der Waals surface area (Å²) in [5, 5.41) is 56.9. The topological polar surface area (TPSA) is 175 Å². The summed E-state index contributed by atoms with van der Waals surface area (Å²) in [7, 11) is 0. The van der Waals surface area contributed by atoms with Gasteiger partial charge in [-0.05, 0) is 96.3 Å². The minimum absolute atomic E-state index is 0.0972. The van der Waals surface area contributed by atoms with Crippen LogP contribution in [0, 0.1) is 0 Å². The third-order valence-electron chi connectivity index (χ3n) is 13.8. The highest BCUT2D eigenvalue weighted by Gasteiger charge is 2.47. The van der Waals surface area contributed by atoms with Crippen LogP contribution in [-0.2, 0) is 23.8 Å². The van der Waals surface area contributed by atoms with Gasteiger partial charge < -0.3 is 45.1 Å². The number of unbranched alkanes of at least 4 members (excludes halogenated alkanes) is 26. The van der Waals surface area contributed by atoms with Crippen molar-refractivity contribution in [3.8, 4) is 0 Å². The van der Waals surface area contributed by atoms with Crippen LogP contribution in [0.25, 0.3) is 0 Å². The van der Waals surface area contributed by atoms with Crippen molar-refractivity contribution in [1.29, 1.82) is 0 Å². The molecule has 8 unspecified atom stereocenters. The maximum atomic E-state index is 13.4. The molecule has 11 heteroatoms. The molecule has 0 aromatic heterocycles. The van der Waals surface area contributed by atoms with E-state index in [4.69, 9.17) is 14.2 Å². The summed E-state index contributed by atoms with van der Waals surface area (Å²) in [6.45, 7) is 5.72. The van der Waals surface area contributed by atoms with Crippen molar-refractivity contribution in [2.45, 2.75) is 301 Å². The van der Waals surface area contributed by atoms with Gasteiger partial charge in [-0.2, -0.15) is 0 Å². The highest BCUT2D eigenvalue weighted by atomic mass is 16.7. The van der Waals surface area contributed by atoms with Gasteiger partial charge in [0.1, 0.15) is 24.4 Å². The Morgan fingerprint density at radius 3 is 1.43 bits per heavy atom. The van der Waals surface area contributed by atoms with E-state index in [-0.39, 0.29) is 19.4 Å². The van der Waals surface area contributed by atoms with Crippen LogP contribution < -0.4 is 5.32 Å². The molecule has 1 amide bonds. The first-order valence-corrected chi connectivity index (χ1v) is 30.2. The van der Waals surface area contributed by atoms with Crippen molar-refractivity contribution in [2.75, 3.05) is 13.2 Å². The molecule has 0 radical (unpaired) electrons. The third kappa shape index (κ3) is 38.6. The Labute approximate surface area is 451 Å². The lowest BCUT2D eigenvalue weighted by Crippen LogP contribution is -2.61. The third-order valence-corrected chi connectivity index (χ3v) is 13.8. The quantitative estimate of drug-likeness (QED) is 0.0195. The van der Waals surface area contributed by atoms with E-state index in [0.717, 1.165) is 83.5 Å². The fourth-order valence-corrected chi connectivity index (χ4v) is 8.98. The SMILES string of the molecule is CCCCC/C=C\C/C=C\C/C=C\C/C=C\CCCCC(O)C(=O)NC(COC1OC(CO)C(O)C(O)C1OC(=O)CCCCC/C=C\CCCCCCCCC)C(O)/C=C/CCCCCCCCCCCCC. The normalized spacial score (nSPS) is 19.8. The molecule has 1 heterocycles. The van der Waals surface area contributed by atoms with Crippen LogP contribution >= 0.6 is 0 Å². The van der Waals surface area contributed by atoms with Crippen LogP contribution in [0.4, 0.5) is 0 Å². The van der Waals surface area contributed by atoms with Crippen molar-refractivity contribution in [3.63, 3.8) is 0 Å². The fourth-order valence-electron chi connectivity index (χ4n) is 8.98. The minimum Gasteiger partial charge on any atom is -0.454 e. The molecule has 0 aromatic carbocycles. The molecule has 1 aliphatic rings. The summed E-state index contributed by atoms with van der Waals surface area (Å²) in [5.41, 5.74) is 0. The molecule has 6 N–H and O–H groups in total. The van der Waals surface area contributed by atoms with Gasteiger partial charge in [-0.15, -0.1) is 0 Å². The number of esters is 1. The smallest absolute Gasteiger partial charge is 0.306 e. The molecule has 74 heavy (non-hydrogen) atoms. The molecule has 8 atom stereocenters. The minimum atomic E-state index is -1.63. The first kappa shape index (κ1) is 69.1. The Morgan fingerprint density at radius 1 is 0.527 bits per heavy atom. The number of allylic oxidation sites excluding steroid dienone is 11. The van der Waals surface area contributed by atoms with Gasteiger partial charge in [-0.25, -0.2) is 0 Å². The number of carbonyl (C=O) groups is 2. The molecule has 1 rings (SSSR count).